The maximum Gasteiger partial charge on any atom is 0.261 e. The van der Waals surface area contributed by atoms with Gasteiger partial charge in [-0.3, -0.25) is 4.79 Å². The molecule has 1 heterocycles. The number of rotatable bonds is 7. The van der Waals surface area contributed by atoms with E-state index in [9.17, 15) is 10.1 Å². The van der Waals surface area contributed by atoms with Crippen molar-refractivity contribution in [1.82, 2.24) is 10.3 Å². The van der Waals surface area contributed by atoms with Gasteiger partial charge in [-0.15, -0.1) is 0 Å². The Balaban J connectivity index is 1.51. The van der Waals surface area contributed by atoms with Crippen LogP contribution in [0.15, 0.2) is 72.4 Å². The van der Waals surface area contributed by atoms with Crippen LogP contribution in [0.3, 0.4) is 0 Å². The van der Waals surface area contributed by atoms with Crippen LogP contribution >= 0.6 is 0 Å². The lowest BCUT2D eigenvalue weighted by Crippen LogP contribution is -2.26. The maximum atomic E-state index is 12.6. The minimum absolute atomic E-state index is 0.0771. The normalized spacial score (nSPS) is 11.4. The van der Waals surface area contributed by atoms with E-state index < -0.39 is 0 Å². The van der Waals surface area contributed by atoms with Crippen molar-refractivity contribution in [1.29, 1.82) is 5.26 Å². The van der Waals surface area contributed by atoms with E-state index in [1.54, 1.807) is 6.08 Å². The zero-order valence-corrected chi connectivity index (χ0v) is 17.3. The number of fused-ring (bicyclic) bond motifs is 2. The first-order chi connectivity index (χ1) is 15.2. The van der Waals surface area contributed by atoms with E-state index in [-0.39, 0.29) is 11.5 Å². The molecule has 4 aromatic rings. The van der Waals surface area contributed by atoms with Crippen molar-refractivity contribution in [3.63, 3.8) is 0 Å². The predicted octanol–water partition coefficient (Wildman–Crippen LogP) is 4.99. The van der Waals surface area contributed by atoms with Crippen LogP contribution in [0.2, 0.25) is 0 Å². The summed E-state index contributed by atoms with van der Waals surface area (Å²) in [6.45, 7) is 2.96. The lowest BCUT2D eigenvalue weighted by atomic mass is 10.0. The first-order valence-electron chi connectivity index (χ1n) is 10.3. The lowest BCUT2D eigenvalue weighted by molar-refractivity contribution is -0.117. The van der Waals surface area contributed by atoms with Gasteiger partial charge in [0.25, 0.3) is 5.91 Å². The highest BCUT2D eigenvalue weighted by molar-refractivity contribution is 6.04. The molecular weight excluding hydrogens is 386 g/mol. The molecule has 0 atom stereocenters. The van der Waals surface area contributed by atoms with Gasteiger partial charge in [0.1, 0.15) is 17.4 Å². The number of carbonyl (C=O) groups excluding carboxylic acids is 1. The van der Waals surface area contributed by atoms with Crippen LogP contribution in [0.1, 0.15) is 18.1 Å². The van der Waals surface area contributed by atoms with E-state index in [1.165, 1.54) is 0 Å². The molecule has 3 aromatic carbocycles. The number of nitrogens with zero attached hydrogens (tertiary/aromatic N) is 1. The first kappa shape index (κ1) is 20.2. The molecule has 2 N–H and O–H groups in total. The number of benzene rings is 3. The van der Waals surface area contributed by atoms with Gasteiger partial charge in [0.05, 0.1) is 6.61 Å². The Hall–Kier alpha value is -4.04. The van der Waals surface area contributed by atoms with Gasteiger partial charge < -0.3 is 15.0 Å². The highest BCUT2D eigenvalue weighted by Crippen LogP contribution is 2.30. The third kappa shape index (κ3) is 4.29. The van der Waals surface area contributed by atoms with E-state index in [0.29, 0.717) is 19.6 Å². The summed E-state index contributed by atoms with van der Waals surface area (Å²) in [6, 6.07) is 21.7. The standard InChI is InChI=1S/C26H23N3O2/c1-2-31-25-12-11-18(21-7-3-4-9-23(21)25)15-20(16-27)26(30)28-14-13-19-17-29-24-10-6-5-8-22(19)24/h3-12,15,17,29H,2,13-14H2,1H3,(H,28,30)/b20-15-. The molecule has 0 aliphatic carbocycles. The molecule has 0 saturated carbocycles. The van der Waals surface area contributed by atoms with E-state index in [1.807, 2.05) is 73.8 Å². The number of aromatic amines is 1. The Bertz CT molecular complexity index is 1310. The van der Waals surface area contributed by atoms with Gasteiger partial charge in [-0.1, -0.05) is 48.5 Å². The second kappa shape index (κ2) is 9.19. The van der Waals surface area contributed by atoms with Crippen LogP contribution in [-0.4, -0.2) is 24.0 Å². The van der Waals surface area contributed by atoms with Crippen molar-refractivity contribution in [2.45, 2.75) is 13.3 Å². The first-order valence-corrected chi connectivity index (χ1v) is 10.3. The third-order valence-corrected chi connectivity index (χ3v) is 5.24. The largest absolute Gasteiger partial charge is 0.493 e. The number of carbonyl (C=O) groups is 1. The molecule has 0 bridgehead atoms. The Labute approximate surface area is 181 Å². The van der Waals surface area contributed by atoms with Crippen LogP contribution in [0.4, 0.5) is 0 Å². The quantitative estimate of drug-likeness (QED) is 0.334. The Morgan fingerprint density at radius 1 is 1.06 bits per heavy atom. The highest BCUT2D eigenvalue weighted by Gasteiger charge is 2.12. The molecule has 0 spiro atoms. The molecule has 0 aliphatic rings. The van der Waals surface area contributed by atoms with Gasteiger partial charge in [0, 0.05) is 29.0 Å². The zero-order chi connectivity index (χ0) is 21.6. The van der Waals surface area contributed by atoms with Crippen LogP contribution in [-0.2, 0) is 11.2 Å². The second-order valence-corrected chi connectivity index (χ2v) is 7.17. The van der Waals surface area contributed by atoms with Gasteiger partial charge in [0.2, 0.25) is 0 Å². The molecule has 0 aliphatic heterocycles. The van der Waals surface area contributed by atoms with Gasteiger partial charge in [0.15, 0.2) is 0 Å². The molecule has 0 unspecified atom stereocenters. The average Bonchev–Trinajstić information content (AvgIpc) is 3.22. The molecule has 1 aromatic heterocycles. The fourth-order valence-corrected chi connectivity index (χ4v) is 3.75. The molecule has 5 heteroatoms. The van der Waals surface area contributed by atoms with E-state index >= 15 is 0 Å². The molecular formula is C26H23N3O2. The number of H-pyrrole nitrogens is 1. The van der Waals surface area contributed by atoms with Crippen molar-refractivity contribution < 1.29 is 9.53 Å². The maximum absolute atomic E-state index is 12.6. The molecule has 0 saturated heterocycles. The Morgan fingerprint density at radius 2 is 1.81 bits per heavy atom. The van der Waals surface area contributed by atoms with Crippen molar-refractivity contribution in [3.05, 3.63) is 83.6 Å². The topological polar surface area (TPSA) is 77.9 Å². The molecule has 4 rings (SSSR count). The van der Waals surface area contributed by atoms with Crippen molar-refractivity contribution in [3.8, 4) is 11.8 Å². The number of amides is 1. The number of hydrogen-bond acceptors (Lipinski definition) is 3. The highest BCUT2D eigenvalue weighted by atomic mass is 16.5. The Morgan fingerprint density at radius 3 is 2.58 bits per heavy atom. The third-order valence-electron chi connectivity index (χ3n) is 5.24. The van der Waals surface area contributed by atoms with Crippen molar-refractivity contribution in [2.24, 2.45) is 0 Å². The number of para-hydroxylation sites is 1. The van der Waals surface area contributed by atoms with Gasteiger partial charge in [-0.05, 0) is 48.1 Å². The minimum Gasteiger partial charge on any atom is -0.493 e. The van der Waals surface area contributed by atoms with E-state index in [0.717, 1.165) is 38.6 Å². The van der Waals surface area contributed by atoms with E-state index in [4.69, 9.17) is 4.74 Å². The fourth-order valence-electron chi connectivity index (χ4n) is 3.75. The number of nitrogens with one attached hydrogen (secondary N) is 2. The summed E-state index contributed by atoms with van der Waals surface area (Å²) in [5, 5.41) is 15.5. The van der Waals surface area contributed by atoms with Gasteiger partial charge >= 0.3 is 0 Å². The SMILES string of the molecule is CCOc1ccc(/C=C(/C#N)C(=O)NCCc2c[nH]c3ccccc23)c2ccccc12. The van der Waals surface area contributed by atoms with Gasteiger partial charge in [-0.25, -0.2) is 0 Å². The second-order valence-electron chi connectivity index (χ2n) is 7.17. The summed E-state index contributed by atoms with van der Waals surface area (Å²) >= 11 is 0. The molecule has 0 fully saturated rings. The number of aromatic nitrogens is 1. The average molecular weight is 409 g/mol. The van der Waals surface area contributed by atoms with Gasteiger partial charge in [-0.2, -0.15) is 5.26 Å². The van der Waals surface area contributed by atoms with Crippen LogP contribution < -0.4 is 10.1 Å². The van der Waals surface area contributed by atoms with Crippen molar-refractivity contribution >= 4 is 33.7 Å². The van der Waals surface area contributed by atoms with Crippen LogP contribution in [0.25, 0.3) is 27.8 Å². The summed E-state index contributed by atoms with van der Waals surface area (Å²) in [4.78, 5) is 15.9. The van der Waals surface area contributed by atoms with Crippen molar-refractivity contribution in [2.75, 3.05) is 13.2 Å². The van der Waals surface area contributed by atoms with E-state index in [2.05, 4.69) is 16.4 Å². The molecule has 1 amide bonds. The summed E-state index contributed by atoms with van der Waals surface area (Å²) in [7, 11) is 0. The fraction of sp³-hybridized carbons (Fsp3) is 0.154. The van der Waals surface area contributed by atoms with Crippen LogP contribution in [0, 0.1) is 11.3 Å². The number of ether oxygens (including phenoxy) is 1. The molecule has 5 nitrogen and oxygen atoms in total. The Kier molecular flexibility index (Phi) is 6.00. The zero-order valence-electron chi connectivity index (χ0n) is 17.3. The predicted molar refractivity (Wildman–Crippen MR) is 124 cm³/mol. The lowest BCUT2D eigenvalue weighted by Gasteiger charge is -2.10. The molecule has 154 valence electrons. The monoisotopic (exact) mass is 409 g/mol. The smallest absolute Gasteiger partial charge is 0.261 e. The molecule has 31 heavy (non-hydrogen) atoms. The summed E-state index contributed by atoms with van der Waals surface area (Å²) in [6.07, 6.45) is 4.28. The number of nitriles is 1. The minimum atomic E-state index is -0.375. The van der Waals surface area contributed by atoms with Crippen LogP contribution in [0.5, 0.6) is 5.75 Å². The summed E-state index contributed by atoms with van der Waals surface area (Å²) in [5.41, 5.74) is 3.09. The summed E-state index contributed by atoms with van der Waals surface area (Å²) in [5.74, 6) is 0.414. The number of hydrogen-bond donors (Lipinski definition) is 2. The molecule has 0 radical (unpaired) electrons. The summed E-state index contributed by atoms with van der Waals surface area (Å²) < 4.78 is 5.70.